The number of sulfonamides is 1. The van der Waals surface area contributed by atoms with Crippen LogP contribution in [0.25, 0.3) is 0 Å². The van der Waals surface area contributed by atoms with Gasteiger partial charge in [0.05, 0.1) is 21.3 Å². The third-order valence-electron chi connectivity index (χ3n) is 3.37. The summed E-state index contributed by atoms with van der Waals surface area (Å²) in [5.41, 5.74) is 0.0708. The van der Waals surface area contributed by atoms with E-state index in [4.69, 9.17) is 34.8 Å². The highest BCUT2D eigenvalue weighted by atomic mass is 35.5. The van der Waals surface area contributed by atoms with E-state index in [0.29, 0.717) is 4.33 Å². The minimum Gasteiger partial charge on any atom is -0.427 e. The first kappa shape index (κ1) is 17.5. The van der Waals surface area contributed by atoms with Gasteiger partial charge in [-0.3, -0.25) is 0 Å². The zero-order valence-electron chi connectivity index (χ0n) is 11.6. The van der Waals surface area contributed by atoms with E-state index in [0.717, 1.165) is 12.3 Å². The number of rotatable bonds is 2. The predicted octanol–water partition coefficient (Wildman–Crippen LogP) is 2.51. The Hall–Kier alpha value is -1.32. The highest BCUT2D eigenvalue weighted by molar-refractivity contribution is 7.90. The van der Waals surface area contributed by atoms with Gasteiger partial charge in [-0.05, 0) is 23.7 Å². The van der Waals surface area contributed by atoms with E-state index in [9.17, 15) is 17.8 Å². The fourth-order valence-corrected chi connectivity index (χ4v) is 4.43. The molecular formula is C13H7BCl3FN2O3S. The smallest absolute Gasteiger partial charge is 0.427 e. The number of hydrogen-bond donors (Lipinski definition) is 1. The van der Waals surface area contributed by atoms with Gasteiger partial charge in [-0.15, -0.1) is 0 Å². The van der Waals surface area contributed by atoms with E-state index in [-0.39, 0.29) is 31.0 Å². The molecule has 24 heavy (non-hydrogen) atoms. The number of hydrogen-bond acceptors (Lipinski definition) is 4. The quantitative estimate of drug-likeness (QED) is 0.614. The topological polar surface area (TPSA) is 70.0 Å². The number of nitrogens with zero attached hydrogens (tertiary/aromatic N) is 2. The van der Waals surface area contributed by atoms with Gasteiger partial charge in [0.25, 0.3) is 10.0 Å². The molecule has 0 aromatic heterocycles. The molecule has 0 radical (unpaired) electrons. The normalized spacial score (nSPS) is 14.0. The summed E-state index contributed by atoms with van der Waals surface area (Å²) in [7, 11) is -6.06. The highest BCUT2D eigenvalue weighted by Crippen LogP contribution is 2.33. The second-order valence-electron chi connectivity index (χ2n) is 4.84. The van der Waals surface area contributed by atoms with Crippen LogP contribution in [0, 0.1) is 5.82 Å². The molecule has 2 aromatic rings. The van der Waals surface area contributed by atoms with Crippen molar-refractivity contribution >= 4 is 63.6 Å². The Kier molecular flexibility index (Phi) is 4.52. The molecule has 11 heteroatoms. The number of hydrazone groups is 1. The molecule has 2 aromatic carbocycles. The molecule has 124 valence electrons. The van der Waals surface area contributed by atoms with E-state index in [1.807, 2.05) is 0 Å². The second-order valence-corrected chi connectivity index (χ2v) is 7.82. The van der Waals surface area contributed by atoms with Crippen molar-refractivity contribution in [2.24, 2.45) is 5.10 Å². The van der Waals surface area contributed by atoms with Gasteiger partial charge in [-0.25, -0.2) is 12.8 Å². The van der Waals surface area contributed by atoms with E-state index in [2.05, 4.69) is 5.10 Å². The first-order chi connectivity index (χ1) is 11.2. The van der Waals surface area contributed by atoms with E-state index in [1.54, 1.807) is 0 Å². The van der Waals surface area contributed by atoms with Crippen molar-refractivity contribution in [2.45, 2.75) is 4.90 Å². The van der Waals surface area contributed by atoms with Crippen LogP contribution in [-0.4, -0.2) is 31.0 Å². The van der Waals surface area contributed by atoms with Crippen LogP contribution in [0.3, 0.4) is 0 Å². The molecule has 3 rings (SSSR count). The van der Waals surface area contributed by atoms with Crippen molar-refractivity contribution in [3.63, 3.8) is 0 Å². The highest BCUT2D eigenvalue weighted by Gasteiger charge is 2.40. The molecule has 5 nitrogen and oxygen atoms in total. The van der Waals surface area contributed by atoms with Crippen molar-refractivity contribution in [1.82, 2.24) is 4.33 Å². The number of fused-ring (bicyclic) bond motifs is 1. The maximum Gasteiger partial charge on any atom is 0.484 e. The first-order valence-corrected chi connectivity index (χ1v) is 9.00. The minimum atomic E-state index is -4.35. The van der Waals surface area contributed by atoms with Gasteiger partial charge in [-0.2, -0.15) is 9.43 Å². The van der Waals surface area contributed by atoms with E-state index >= 15 is 0 Å². The number of benzene rings is 2. The van der Waals surface area contributed by atoms with Crippen molar-refractivity contribution in [1.29, 1.82) is 0 Å². The number of halogens is 4. The van der Waals surface area contributed by atoms with Crippen LogP contribution in [0.2, 0.25) is 15.1 Å². The van der Waals surface area contributed by atoms with Gasteiger partial charge in [0, 0.05) is 5.56 Å². The molecule has 0 bridgehead atoms. The Bertz CT molecular complexity index is 971. The predicted molar refractivity (Wildman–Crippen MR) is 92.1 cm³/mol. The molecule has 0 saturated carbocycles. The summed E-state index contributed by atoms with van der Waals surface area (Å²) in [5.74, 6) is -0.625. The Morgan fingerprint density at radius 1 is 1.12 bits per heavy atom. The Balaban J connectivity index is 2.12. The lowest BCUT2D eigenvalue weighted by molar-refractivity contribution is 0.475. The lowest BCUT2D eigenvalue weighted by atomic mass is 9.71. The third-order valence-corrected chi connectivity index (χ3v) is 6.20. The van der Waals surface area contributed by atoms with Crippen LogP contribution in [0.5, 0.6) is 0 Å². The average molecular weight is 407 g/mol. The van der Waals surface area contributed by atoms with Crippen LogP contribution in [0.15, 0.2) is 40.3 Å². The van der Waals surface area contributed by atoms with Gasteiger partial charge in [0.15, 0.2) is 0 Å². The fraction of sp³-hybridized carbons (Fsp3) is 0. The first-order valence-electron chi connectivity index (χ1n) is 6.43. The van der Waals surface area contributed by atoms with Crippen LogP contribution in [-0.2, 0) is 10.0 Å². The zero-order valence-corrected chi connectivity index (χ0v) is 14.7. The Labute approximate surface area is 152 Å². The van der Waals surface area contributed by atoms with Crippen molar-refractivity contribution in [2.75, 3.05) is 0 Å². The maximum atomic E-state index is 13.7. The van der Waals surface area contributed by atoms with E-state index in [1.165, 1.54) is 24.3 Å². The molecule has 0 atom stereocenters. The second kappa shape index (κ2) is 6.20. The SMILES string of the molecule is O=S(=O)(c1cc(Cl)c(Cl)cc1Cl)N1N=Cc2c(F)cccc2B1O. The molecule has 0 spiro atoms. The van der Waals surface area contributed by atoms with Gasteiger partial charge < -0.3 is 5.02 Å². The van der Waals surface area contributed by atoms with Gasteiger partial charge >= 0.3 is 7.05 Å². The molecule has 0 fully saturated rings. The summed E-state index contributed by atoms with van der Waals surface area (Å²) in [4.78, 5) is -0.380. The summed E-state index contributed by atoms with van der Waals surface area (Å²) in [6.07, 6.45) is 1.01. The van der Waals surface area contributed by atoms with Crippen LogP contribution in [0.1, 0.15) is 5.56 Å². The average Bonchev–Trinajstić information content (AvgIpc) is 2.51. The summed E-state index contributed by atoms with van der Waals surface area (Å²) < 4.78 is 39.7. The summed E-state index contributed by atoms with van der Waals surface area (Å²) in [6, 6.07) is 6.16. The van der Waals surface area contributed by atoms with Crippen molar-refractivity contribution in [3.8, 4) is 0 Å². The van der Waals surface area contributed by atoms with Gasteiger partial charge in [-0.1, -0.05) is 46.9 Å². The maximum absolute atomic E-state index is 13.7. The van der Waals surface area contributed by atoms with Gasteiger partial charge in [0.1, 0.15) is 10.7 Å². The zero-order chi connectivity index (χ0) is 17.6. The molecule has 1 aliphatic rings. The molecule has 0 amide bonds. The molecular weight excluding hydrogens is 400 g/mol. The molecule has 1 N–H and O–H groups in total. The molecule has 0 unspecified atom stereocenters. The Morgan fingerprint density at radius 3 is 2.50 bits per heavy atom. The van der Waals surface area contributed by atoms with Crippen molar-refractivity contribution < 1.29 is 17.8 Å². The summed E-state index contributed by atoms with van der Waals surface area (Å²) in [6.45, 7) is 0. The van der Waals surface area contributed by atoms with Gasteiger partial charge in [0.2, 0.25) is 0 Å². The minimum absolute atomic E-state index is 0.0108. The van der Waals surface area contributed by atoms with Crippen molar-refractivity contribution in [3.05, 3.63) is 56.8 Å². The fourth-order valence-electron chi connectivity index (χ4n) is 2.21. The third kappa shape index (κ3) is 2.78. The van der Waals surface area contributed by atoms with Crippen LogP contribution >= 0.6 is 34.8 Å². The lowest BCUT2D eigenvalue weighted by Crippen LogP contribution is -2.52. The lowest BCUT2D eigenvalue weighted by Gasteiger charge is -2.26. The van der Waals surface area contributed by atoms with Crippen LogP contribution < -0.4 is 5.46 Å². The largest absolute Gasteiger partial charge is 0.484 e. The van der Waals surface area contributed by atoms with Crippen LogP contribution in [0.4, 0.5) is 4.39 Å². The molecule has 1 aliphatic heterocycles. The van der Waals surface area contributed by atoms with E-state index < -0.39 is 22.9 Å². The molecule has 0 aliphatic carbocycles. The summed E-state index contributed by atoms with van der Waals surface area (Å²) in [5, 5.41) is 13.8. The Morgan fingerprint density at radius 2 is 1.79 bits per heavy atom. The standard InChI is InChI=1S/C13H7BCl3FN2O3S/c15-9-4-11(17)13(5-10(9)16)24(22,23)20-14(21)8-2-1-3-12(18)7(8)6-19-20/h1-6,21H. The monoisotopic (exact) mass is 406 g/mol. The molecule has 1 heterocycles. The summed E-state index contributed by atoms with van der Waals surface area (Å²) >= 11 is 17.6. The molecule has 0 saturated heterocycles.